The average molecular weight is 593 g/mol. The predicted molar refractivity (Wildman–Crippen MR) is 158 cm³/mol. The highest BCUT2D eigenvalue weighted by atomic mass is 16.6. The van der Waals surface area contributed by atoms with Crippen molar-refractivity contribution in [2.75, 3.05) is 6.54 Å². The fourth-order valence-electron chi connectivity index (χ4n) is 6.16. The first-order valence-electron chi connectivity index (χ1n) is 14.9. The highest BCUT2D eigenvalue weighted by Crippen LogP contribution is 2.45. The number of aliphatic carboxylic acids is 1. The minimum absolute atomic E-state index is 0.0404. The van der Waals surface area contributed by atoms with Crippen molar-refractivity contribution in [3.05, 3.63) is 49.2 Å². The van der Waals surface area contributed by atoms with Crippen LogP contribution in [0.5, 0.6) is 5.88 Å². The van der Waals surface area contributed by atoms with Gasteiger partial charge in [-0.15, -0.1) is 6.58 Å². The molecule has 0 bridgehead atoms. The molecule has 0 spiro atoms. The summed E-state index contributed by atoms with van der Waals surface area (Å²) < 4.78 is 11.9. The maximum absolute atomic E-state index is 14.2. The maximum Gasteiger partial charge on any atom is 0.408 e. The summed E-state index contributed by atoms with van der Waals surface area (Å²) in [4.78, 5) is 58.7. The first kappa shape index (κ1) is 30.3. The second kappa shape index (κ2) is 11.9. The minimum Gasteiger partial charge on any atom is -0.479 e. The highest BCUT2D eigenvalue weighted by molar-refractivity contribution is 5.96. The van der Waals surface area contributed by atoms with E-state index in [1.165, 1.54) is 11.0 Å². The van der Waals surface area contributed by atoms with E-state index in [0.29, 0.717) is 5.88 Å². The number of pyridine rings is 1. The van der Waals surface area contributed by atoms with Gasteiger partial charge in [-0.25, -0.2) is 14.6 Å². The van der Waals surface area contributed by atoms with Gasteiger partial charge in [-0.3, -0.25) is 9.59 Å². The van der Waals surface area contributed by atoms with E-state index in [1.807, 2.05) is 51.1 Å². The van der Waals surface area contributed by atoms with E-state index in [0.717, 1.165) is 36.5 Å². The van der Waals surface area contributed by atoms with Gasteiger partial charge in [-0.2, -0.15) is 0 Å². The third-order valence-electron chi connectivity index (χ3n) is 8.74. The summed E-state index contributed by atoms with van der Waals surface area (Å²) in [6.07, 6.45) is 5.55. The van der Waals surface area contributed by atoms with Crippen LogP contribution >= 0.6 is 0 Å². The van der Waals surface area contributed by atoms with Crippen molar-refractivity contribution < 1.29 is 33.8 Å². The Kier molecular flexibility index (Phi) is 8.36. The first-order chi connectivity index (χ1) is 20.4. The molecule has 3 fully saturated rings. The normalized spacial score (nSPS) is 26.0. The van der Waals surface area contributed by atoms with Gasteiger partial charge in [-0.1, -0.05) is 45.0 Å². The van der Waals surface area contributed by atoms with Crippen LogP contribution in [0.3, 0.4) is 0 Å². The lowest BCUT2D eigenvalue weighted by molar-refractivity contribution is -0.146. The van der Waals surface area contributed by atoms with Crippen LogP contribution in [0.15, 0.2) is 49.2 Å². The summed E-state index contributed by atoms with van der Waals surface area (Å²) in [7, 11) is 0. The minimum atomic E-state index is -1.46. The molecule has 3 N–H and O–H groups in total. The van der Waals surface area contributed by atoms with Crippen molar-refractivity contribution >= 4 is 34.6 Å². The molecule has 43 heavy (non-hydrogen) atoms. The van der Waals surface area contributed by atoms with Crippen molar-refractivity contribution in [1.82, 2.24) is 20.5 Å². The van der Waals surface area contributed by atoms with Gasteiger partial charge in [0.05, 0.1) is 6.54 Å². The molecule has 230 valence electrons. The lowest BCUT2D eigenvalue weighted by atomic mass is 9.85. The van der Waals surface area contributed by atoms with Crippen LogP contribution in [0.1, 0.15) is 59.3 Å². The van der Waals surface area contributed by atoms with Crippen molar-refractivity contribution in [2.24, 2.45) is 11.3 Å². The fourth-order valence-corrected chi connectivity index (χ4v) is 6.16. The topological polar surface area (TPSA) is 147 Å². The number of alkyl carbamates (subject to hydrolysis) is 1. The quantitative estimate of drug-likeness (QED) is 0.373. The Balaban J connectivity index is 1.40. The van der Waals surface area contributed by atoms with Crippen molar-refractivity contribution in [2.45, 2.75) is 89.1 Å². The maximum atomic E-state index is 14.2. The third kappa shape index (κ3) is 6.30. The number of likely N-dealkylation sites (tertiary alicyclic amines) is 1. The summed E-state index contributed by atoms with van der Waals surface area (Å²) in [5, 5.41) is 17.1. The summed E-state index contributed by atoms with van der Waals surface area (Å²) in [6.45, 7) is 9.20. The van der Waals surface area contributed by atoms with Crippen molar-refractivity contribution in [3.63, 3.8) is 0 Å². The Morgan fingerprint density at radius 3 is 2.51 bits per heavy atom. The number of rotatable bonds is 9. The number of carbonyl (C=O) groups is 4. The number of hydrogen-bond donors (Lipinski definition) is 3. The number of ether oxygens (including phenoxy) is 2. The third-order valence-corrected chi connectivity index (χ3v) is 8.74. The molecule has 0 unspecified atom stereocenters. The van der Waals surface area contributed by atoms with Gasteiger partial charge in [0, 0.05) is 23.9 Å². The van der Waals surface area contributed by atoms with Crippen LogP contribution in [-0.4, -0.2) is 75.2 Å². The molecule has 1 aliphatic heterocycles. The number of aromatic nitrogens is 1. The van der Waals surface area contributed by atoms with Gasteiger partial charge in [0.25, 0.3) is 0 Å². The van der Waals surface area contributed by atoms with E-state index in [4.69, 9.17) is 9.47 Å². The smallest absolute Gasteiger partial charge is 0.408 e. The van der Waals surface area contributed by atoms with Gasteiger partial charge >= 0.3 is 12.1 Å². The molecule has 5 atom stereocenters. The van der Waals surface area contributed by atoms with Gasteiger partial charge < -0.3 is 30.1 Å². The lowest BCUT2D eigenvalue weighted by Gasteiger charge is -2.35. The van der Waals surface area contributed by atoms with Crippen LogP contribution in [0.25, 0.3) is 10.8 Å². The molecule has 2 aromatic rings. The summed E-state index contributed by atoms with van der Waals surface area (Å²) >= 11 is 0. The second-order valence-electron chi connectivity index (χ2n) is 12.9. The molecule has 2 saturated carbocycles. The summed E-state index contributed by atoms with van der Waals surface area (Å²) in [5.41, 5.74) is -2.19. The zero-order valence-electron chi connectivity index (χ0n) is 24.9. The second-order valence-corrected chi connectivity index (χ2v) is 12.9. The van der Waals surface area contributed by atoms with Gasteiger partial charge in [-0.05, 0) is 55.0 Å². The Morgan fingerprint density at radius 1 is 1.14 bits per heavy atom. The monoisotopic (exact) mass is 592 g/mol. The van der Waals surface area contributed by atoms with E-state index in [-0.39, 0.29) is 25.5 Å². The number of carboxylic acids is 1. The number of nitrogens with one attached hydrogen (secondary N) is 2. The molecular weight excluding hydrogens is 552 g/mol. The fraction of sp³-hybridized carbons (Fsp3) is 0.531. The summed E-state index contributed by atoms with van der Waals surface area (Å²) in [5.74, 6) is -2.27. The Labute approximate surface area is 251 Å². The van der Waals surface area contributed by atoms with Crippen molar-refractivity contribution in [1.29, 1.82) is 0 Å². The molecule has 3 amide bonds. The SMILES string of the molecule is C=C[C@@H]1C[C@]1(NC(=O)[C@@H]1C[C@@H](Oc2nccc3ccccc23)CN1C(=O)[C@@H](NC(=O)OC1CCCC1)C(C)(C)C)C(=O)O. The molecule has 3 aliphatic rings. The van der Waals surface area contributed by atoms with Crippen LogP contribution < -0.4 is 15.4 Å². The van der Waals surface area contributed by atoms with Crippen LogP contribution in [-0.2, 0) is 19.1 Å². The van der Waals surface area contributed by atoms with Gasteiger partial charge in [0.15, 0.2) is 0 Å². The van der Waals surface area contributed by atoms with E-state index < -0.39 is 58.9 Å². The Hall–Kier alpha value is -4.15. The Bertz CT molecular complexity index is 1410. The molecule has 1 saturated heterocycles. The molecule has 1 aromatic carbocycles. The molecule has 11 nitrogen and oxygen atoms in total. The molecule has 0 radical (unpaired) electrons. The number of hydrogen-bond acceptors (Lipinski definition) is 7. The van der Waals surface area contributed by atoms with Crippen LogP contribution in [0.4, 0.5) is 4.79 Å². The number of fused-ring (bicyclic) bond motifs is 1. The van der Waals surface area contributed by atoms with E-state index in [9.17, 15) is 24.3 Å². The van der Waals surface area contributed by atoms with E-state index >= 15 is 0 Å². The van der Waals surface area contributed by atoms with Crippen LogP contribution in [0, 0.1) is 11.3 Å². The largest absolute Gasteiger partial charge is 0.479 e. The number of carboxylic acid groups (broad SMARTS) is 1. The number of nitrogens with zero attached hydrogens (tertiary/aromatic N) is 2. The van der Waals surface area contributed by atoms with Gasteiger partial charge in [0.1, 0.15) is 29.8 Å². The lowest BCUT2D eigenvalue weighted by Crippen LogP contribution is -2.59. The molecule has 1 aromatic heterocycles. The standard InChI is InChI=1S/C32H40N4O7/c1-5-20-17-32(20,29(39)40)35-26(37)24-16-22(42-27-23-13-9-6-10-19(23)14-15-33-27)18-36(24)28(38)25(31(2,3)4)34-30(41)43-21-11-7-8-12-21/h5-6,9-10,13-15,20-22,24-25H,1,7-8,11-12,16-18H2,2-4H3,(H,34,41)(H,35,37)(H,39,40)/t20-,22-,24+,25-,32-/m1/s1. The molecule has 5 rings (SSSR count). The number of benzene rings is 1. The predicted octanol–water partition coefficient (Wildman–Crippen LogP) is 3.81. The van der Waals surface area contributed by atoms with E-state index in [1.54, 1.807) is 6.20 Å². The highest BCUT2D eigenvalue weighted by Gasteiger charge is 2.61. The Morgan fingerprint density at radius 2 is 1.86 bits per heavy atom. The van der Waals surface area contributed by atoms with Crippen molar-refractivity contribution in [3.8, 4) is 5.88 Å². The number of amides is 3. The summed E-state index contributed by atoms with van der Waals surface area (Å²) in [6, 6.07) is 7.42. The molecular formula is C32H40N4O7. The zero-order chi connectivity index (χ0) is 30.9. The average Bonchev–Trinajstić information content (AvgIpc) is 3.24. The zero-order valence-corrected chi connectivity index (χ0v) is 24.9. The van der Waals surface area contributed by atoms with Crippen LogP contribution in [0.2, 0.25) is 0 Å². The van der Waals surface area contributed by atoms with E-state index in [2.05, 4.69) is 22.2 Å². The first-order valence-corrected chi connectivity index (χ1v) is 14.9. The van der Waals surface area contributed by atoms with Gasteiger partial charge in [0.2, 0.25) is 17.7 Å². The number of carbonyl (C=O) groups excluding carboxylic acids is 3. The molecule has 11 heteroatoms. The molecule has 2 aliphatic carbocycles. The molecule has 2 heterocycles.